The van der Waals surface area contributed by atoms with E-state index >= 15 is 0 Å². The van der Waals surface area contributed by atoms with Gasteiger partial charge < -0.3 is 9.80 Å². The fourth-order valence-electron chi connectivity index (χ4n) is 5.93. The number of hydrogen-bond donors (Lipinski definition) is 0. The molecule has 0 unspecified atom stereocenters. The Bertz CT molecular complexity index is 1950. The maximum absolute atomic E-state index is 10.3. The Kier molecular flexibility index (Phi) is 6.38. The van der Waals surface area contributed by atoms with Crippen LogP contribution in [0.4, 0.5) is 39.8 Å². The van der Waals surface area contributed by atoms with Gasteiger partial charge in [0.25, 0.3) is 0 Å². The average molecular weight is 599 g/mol. The molecule has 0 spiro atoms. The molecule has 0 aromatic heterocycles. The van der Waals surface area contributed by atoms with Gasteiger partial charge in [-0.15, -0.1) is 0 Å². The molecule has 6 heteroatoms. The summed E-state index contributed by atoms with van der Waals surface area (Å²) in [5.74, 6) is 0. The molecule has 0 amide bonds. The number of fused-ring (bicyclic) bond motifs is 4. The summed E-state index contributed by atoms with van der Waals surface area (Å²) in [7, 11) is 0. The molecule has 0 saturated heterocycles. The molecule has 206 valence electrons. The second kappa shape index (κ2) is 10.7. The second-order valence-corrected chi connectivity index (χ2v) is 12.6. The minimum Gasteiger partial charge on any atom is -0.308 e. The third kappa shape index (κ3) is 4.24. The largest absolute Gasteiger partial charge is 0.308 e. The normalized spacial score (nSPS) is 12.7. The predicted octanol–water partition coefficient (Wildman–Crippen LogP) is 11.6. The number of hydrogen-bond acceptors (Lipinski definition) is 5. The summed E-state index contributed by atoms with van der Waals surface area (Å²) in [6.45, 7) is 8.07. The molecular weight excluding hydrogens is 577 g/mol. The molecule has 2 aliphatic heterocycles. The van der Waals surface area contributed by atoms with Gasteiger partial charge in [0.15, 0.2) is 5.69 Å². The minimum absolute atomic E-state index is 0.505. The number of rotatable bonds is 3. The van der Waals surface area contributed by atoms with Gasteiger partial charge in [-0.25, -0.2) is 4.85 Å². The van der Waals surface area contributed by atoms with Crippen molar-refractivity contribution in [3.63, 3.8) is 0 Å². The van der Waals surface area contributed by atoms with Gasteiger partial charge in [-0.05, 0) is 90.0 Å². The third-order valence-electron chi connectivity index (χ3n) is 7.90. The summed E-state index contributed by atoms with van der Waals surface area (Å²) in [6.07, 6.45) is 0. The Morgan fingerprint density at radius 1 is 0.523 bits per heavy atom. The monoisotopic (exact) mass is 598 g/mol. The Morgan fingerprint density at radius 3 is 1.36 bits per heavy atom. The van der Waals surface area contributed by atoms with E-state index in [1.54, 1.807) is 23.5 Å². The van der Waals surface area contributed by atoms with Crippen molar-refractivity contribution in [3.05, 3.63) is 150 Å². The van der Waals surface area contributed by atoms with Gasteiger partial charge in [-0.1, -0.05) is 78.1 Å². The fraction of sp³-hybridized carbons (Fsp3) is 0. The maximum atomic E-state index is 10.3. The number of para-hydroxylation sites is 4. The number of nitrogens with zero attached hydrogens (tertiary/aromatic N) is 4. The van der Waals surface area contributed by atoms with Crippen molar-refractivity contribution in [1.82, 2.24) is 0 Å². The van der Waals surface area contributed by atoms with Crippen molar-refractivity contribution < 1.29 is 0 Å². The number of benzene rings is 6. The molecule has 0 fully saturated rings. The van der Waals surface area contributed by atoms with E-state index < -0.39 is 0 Å². The van der Waals surface area contributed by atoms with Crippen LogP contribution in [0.25, 0.3) is 16.0 Å². The van der Waals surface area contributed by atoms with E-state index in [4.69, 9.17) is 6.57 Å². The zero-order chi connectivity index (χ0) is 29.6. The molecular formula is C38H22N4S2. The van der Waals surface area contributed by atoms with Crippen molar-refractivity contribution in [2.75, 3.05) is 9.80 Å². The maximum Gasteiger partial charge on any atom is 0.195 e. The third-order valence-corrected chi connectivity index (χ3v) is 10.2. The highest BCUT2D eigenvalue weighted by Gasteiger charge is 2.27. The van der Waals surface area contributed by atoms with Crippen molar-refractivity contribution in [2.24, 2.45) is 0 Å². The van der Waals surface area contributed by atoms with Crippen LogP contribution in [-0.2, 0) is 0 Å². The molecule has 2 aliphatic rings. The van der Waals surface area contributed by atoms with Gasteiger partial charge in [0.05, 0.1) is 41.0 Å². The lowest BCUT2D eigenvalue weighted by molar-refractivity contribution is 1.16. The van der Waals surface area contributed by atoms with Crippen LogP contribution in [0, 0.1) is 17.9 Å². The molecule has 0 saturated carbocycles. The van der Waals surface area contributed by atoms with Crippen LogP contribution in [0.2, 0.25) is 0 Å². The van der Waals surface area contributed by atoms with Crippen LogP contribution < -0.4 is 9.80 Å². The van der Waals surface area contributed by atoms with E-state index in [2.05, 4.69) is 130 Å². The fourth-order valence-corrected chi connectivity index (χ4v) is 8.05. The van der Waals surface area contributed by atoms with E-state index in [0.717, 1.165) is 45.3 Å². The quantitative estimate of drug-likeness (QED) is 0.189. The van der Waals surface area contributed by atoms with Crippen LogP contribution in [0.15, 0.2) is 153 Å². The Labute approximate surface area is 264 Å². The van der Waals surface area contributed by atoms with E-state index in [-0.39, 0.29) is 0 Å². The Balaban J connectivity index is 1.33. The van der Waals surface area contributed by atoms with E-state index in [1.807, 2.05) is 24.3 Å². The summed E-state index contributed by atoms with van der Waals surface area (Å²) in [4.78, 5) is 13.1. The summed E-state index contributed by atoms with van der Waals surface area (Å²) in [5.41, 5.74) is 8.73. The van der Waals surface area contributed by atoms with Gasteiger partial charge in [-0.3, -0.25) is 0 Å². The van der Waals surface area contributed by atoms with Crippen LogP contribution in [0.1, 0.15) is 5.56 Å². The van der Waals surface area contributed by atoms with Gasteiger partial charge in [0, 0.05) is 31.0 Å². The standard InChI is InChI=1S/C38H22N4S2/c1-40-30-21-20-27(42-33-12-4-8-16-37(33)44-38-17-9-5-13-34(38)42)23-29(30)28-22-26(19-18-25(28)24-39)41-31-10-2-6-14-35(31)43-36-15-7-3-11-32(36)41/h2-23H. The van der Waals surface area contributed by atoms with Crippen molar-refractivity contribution >= 4 is 63.3 Å². The van der Waals surface area contributed by atoms with Gasteiger partial charge in [0.2, 0.25) is 0 Å². The number of nitriles is 1. The van der Waals surface area contributed by atoms with Crippen molar-refractivity contribution in [1.29, 1.82) is 5.26 Å². The lowest BCUT2D eigenvalue weighted by atomic mass is 9.96. The highest BCUT2D eigenvalue weighted by Crippen LogP contribution is 2.54. The predicted molar refractivity (Wildman–Crippen MR) is 180 cm³/mol. The van der Waals surface area contributed by atoms with E-state index in [1.165, 1.54) is 19.6 Å². The van der Waals surface area contributed by atoms with Gasteiger partial charge in [0.1, 0.15) is 0 Å². The Hall–Kier alpha value is -5.40. The van der Waals surface area contributed by atoms with Crippen LogP contribution in [-0.4, -0.2) is 0 Å². The summed E-state index contributed by atoms with van der Waals surface area (Å²) >= 11 is 3.52. The molecule has 2 heterocycles. The molecule has 0 aliphatic carbocycles. The van der Waals surface area contributed by atoms with Gasteiger partial charge in [-0.2, -0.15) is 5.26 Å². The first kappa shape index (κ1) is 26.2. The molecule has 0 N–H and O–H groups in total. The molecule has 0 bridgehead atoms. The molecule has 0 atom stereocenters. The first-order chi connectivity index (χ1) is 21.7. The highest BCUT2D eigenvalue weighted by atomic mass is 32.2. The number of anilines is 6. The summed E-state index contributed by atoms with van der Waals surface area (Å²) < 4.78 is 0. The van der Waals surface area contributed by atoms with Crippen LogP contribution >= 0.6 is 23.5 Å². The molecule has 8 rings (SSSR count). The average Bonchev–Trinajstić information content (AvgIpc) is 3.09. The van der Waals surface area contributed by atoms with Crippen LogP contribution in [0.3, 0.4) is 0 Å². The zero-order valence-electron chi connectivity index (χ0n) is 23.3. The van der Waals surface area contributed by atoms with E-state index in [0.29, 0.717) is 11.3 Å². The molecule has 6 aromatic carbocycles. The SMILES string of the molecule is [C-]#[N+]c1ccc(N2c3ccccc3Sc3ccccc32)cc1-c1cc(N2c3ccccc3Sc3ccccc32)ccc1C#N. The summed E-state index contributed by atoms with van der Waals surface area (Å²) in [5, 5.41) is 10.3. The first-order valence-electron chi connectivity index (χ1n) is 14.1. The Morgan fingerprint density at radius 2 is 0.932 bits per heavy atom. The second-order valence-electron chi connectivity index (χ2n) is 10.4. The molecule has 6 aromatic rings. The topological polar surface area (TPSA) is 34.6 Å². The van der Waals surface area contributed by atoms with Gasteiger partial charge >= 0.3 is 0 Å². The lowest BCUT2D eigenvalue weighted by Crippen LogP contribution is -2.15. The minimum atomic E-state index is 0.505. The lowest BCUT2D eigenvalue weighted by Gasteiger charge is -2.34. The van der Waals surface area contributed by atoms with E-state index in [9.17, 15) is 5.26 Å². The molecule has 0 radical (unpaired) electrons. The first-order valence-corrected chi connectivity index (χ1v) is 15.7. The summed E-state index contributed by atoms with van der Waals surface area (Å²) in [6, 6.07) is 47.8. The van der Waals surface area contributed by atoms with Crippen LogP contribution in [0.5, 0.6) is 0 Å². The van der Waals surface area contributed by atoms with Crippen molar-refractivity contribution in [2.45, 2.75) is 19.6 Å². The van der Waals surface area contributed by atoms with Crippen molar-refractivity contribution in [3.8, 4) is 17.2 Å². The highest BCUT2D eigenvalue weighted by molar-refractivity contribution is 8.00. The zero-order valence-corrected chi connectivity index (χ0v) is 24.9. The molecule has 4 nitrogen and oxygen atoms in total. The smallest absolute Gasteiger partial charge is 0.195 e. The molecule has 44 heavy (non-hydrogen) atoms.